The average molecular weight is 236 g/mol. The number of phenols is 1. The lowest BCUT2D eigenvalue weighted by atomic mass is 9.88. The van der Waals surface area contributed by atoms with Gasteiger partial charge in [0, 0.05) is 0 Å². The van der Waals surface area contributed by atoms with Crippen molar-refractivity contribution in [3.8, 4) is 5.75 Å². The van der Waals surface area contributed by atoms with Gasteiger partial charge < -0.3 is 10.2 Å². The van der Waals surface area contributed by atoms with E-state index in [4.69, 9.17) is 5.11 Å². The highest BCUT2D eigenvalue weighted by atomic mass is 16.4. The molecular weight excluding hydrogens is 216 g/mol. The Morgan fingerprint density at radius 1 is 1.06 bits per heavy atom. The van der Waals surface area contributed by atoms with Gasteiger partial charge >= 0.3 is 5.97 Å². The Kier molecular flexibility index (Phi) is 3.81. The fraction of sp³-hybridized carbons (Fsp3) is 0.500. The molecular formula is C14H20O3. The summed E-state index contributed by atoms with van der Waals surface area (Å²) < 4.78 is 0. The third-order valence-corrected chi connectivity index (χ3v) is 3.67. The van der Waals surface area contributed by atoms with Gasteiger partial charge in [-0.25, -0.2) is 0 Å². The van der Waals surface area contributed by atoms with E-state index in [1.165, 1.54) is 0 Å². The molecule has 1 aromatic carbocycles. The molecule has 0 aliphatic rings. The van der Waals surface area contributed by atoms with Gasteiger partial charge in [0.25, 0.3) is 0 Å². The van der Waals surface area contributed by atoms with Gasteiger partial charge in [-0.3, -0.25) is 4.79 Å². The zero-order valence-corrected chi connectivity index (χ0v) is 11.1. The molecule has 1 rings (SSSR count). The van der Waals surface area contributed by atoms with Crippen LogP contribution in [0, 0.1) is 33.6 Å². The van der Waals surface area contributed by atoms with Crippen LogP contribution in [-0.4, -0.2) is 16.2 Å². The largest absolute Gasteiger partial charge is 0.507 e. The number of carboxylic acids is 1. The Balaban J connectivity index is 3.30. The quantitative estimate of drug-likeness (QED) is 0.848. The number of phenolic OH excluding ortho intramolecular Hbond substituents is 1. The minimum atomic E-state index is -0.785. The number of aromatic hydroxyl groups is 1. The van der Waals surface area contributed by atoms with E-state index < -0.39 is 11.9 Å². The Bertz CT molecular complexity index is 432. The molecule has 1 aromatic rings. The summed E-state index contributed by atoms with van der Waals surface area (Å²) >= 11 is 0. The summed E-state index contributed by atoms with van der Waals surface area (Å²) in [5.74, 6) is -0.866. The van der Waals surface area contributed by atoms with Crippen LogP contribution in [0.2, 0.25) is 0 Å². The average Bonchev–Trinajstić information content (AvgIpc) is 2.29. The second kappa shape index (κ2) is 4.78. The molecule has 0 amide bonds. The number of carboxylic acid groups (broad SMARTS) is 1. The summed E-state index contributed by atoms with van der Waals surface area (Å²) in [5, 5.41) is 18.9. The second-order valence-electron chi connectivity index (χ2n) is 4.77. The Morgan fingerprint density at radius 3 is 1.82 bits per heavy atom. The topological polar surface area (TPSA) is 57.5 Å². The Hall–Kier alpha value is -1.51. The standard InChI is InChI=1S/C14H20O3/c1-7(14(16)17)6-12-8(2)10(4)13(15)11(5)9(12)3/h7,15H,6H2,1-5H3,(H,16,17). The van der Waals surface area contributed by atoms with E-state index in [0.717, 1.165) is 27.8 Å². The number of carbonyl (C=O) groups is 1. The predicted molar refractivity (Wildman–Crippen MR) is 67.6 cm³/mol. The van der Waals surface area contributed by atoms with Crippen LogP contribution in [0.5, 0.6) is 5.75 Å². The maximum atomic E-state index is 10.9. The summed E-state index contributed by atoms with van der Waals surface area (Å²) in [5.41, 5.74) is 4.74. The molecule has 2 N–H and O–H groups in total. The summed E-state index contributed by atoms with van der Waals surface area (Å²) in [6.45, 7) is 9.31. The van der Waals surface area contributed by atoms with Gasteiger partial charge in [-0.1, -0.05) is 6.92 Å². The van der Waals surface area contributed by atoms with Crippen molar-refractivity contribution in [3.63, 3.8) is 0 Å². The van der Waals surface area contributed by atoms with E-state index in [0.29, 0.717) is 12.2 Å². The molecule has 0 aliphatic carbocycles. The second-order valence-corrected chi connectivity index (χ2v) is 4.77. The summed E-state index contributed by atoms with van der Waals surface area (Å²) in [6, 6.07) is 0. The van der Waals surface area contributed by atoms with Gasteiger partial charge in [0.1, 0.15) is 5.75 Å². The third-order valence-electron chi connectivity index (χ3n) is 3.67. The lowest BCUT2D eigenvalue weighted by Crippen LogP contribution is -2.14. The van der Waals surface area contributed by atoms with E-state index in [1.807, 2.05) is 27.7 Å². The van der Waals surface area contributed by atoms with Crippen LogP contribution in [0.15, 0.2) is 0 Å². The first-order chi connectivity index (χ1) is 7.77. The number of rotatable bonds is 3. The van der Waals surface area contributed by atoms with Crippen molar-refractivity contribution in [1.82, 2.24) is 0 Å². The summed E-state index contributed by atoms with van der Waals surface area (Å²) in [6.07, 6.45) is 0.509. The van der Waals surface area contributed by atoms with E-state index in [-0.39, 0.29) is 0 Å². The lowest BCUT2D eigenvalue weighted by Gasteiger charge is -2.18. The lowest BCUT2D eigenvalue weighted by molar-refractivity contribution is -0.141. The first kappa shape index (κ1) is 13.6. The maximum absolute atomic E-state index is 10.9. The molecule has 0 saturated heterocycles. The van der Waals surface area contributed by atoms with Gasteiger partial charge in [0.15, 0.2) is 0 Å². The smallest absolute Gasteiger partial charge is 0.306 e. The minimum Gasteiger partial charge on any atom is -0.507 e. The SMILES string of the molecule is Cc1c(C)c(CC(C)C(=O)O)c(C)c(C)c1O. The van der Waals surface area contributed by atoms with E-state index in [2.05, 4.69) is 0 Å². The predicted octanol–water partition coefficient (Wildman–Crippen LogP) is 2.89. The molecule has 0 fully saturated rings. The van der Waals surface area contributed by atoms with Gasteiger partial charge in [-0.2, -0.15) is 0 Å². The number of benzene rings is 1. The first-order valence-electron chi connectivity index (χ1n) is 5.78. The fourth-order valence-corrected chi connectivity index (χ4v) is 2.07. The van der Waals surface area contributed by atoms with Crippen molar-refractivity contribution in [2.75, 3.05) is 0 Å². The molecule has 0 radical (unpaired) electrons. The molecule has 3 nitrogen and oxygen atoms in total. The molecule has 0 bridgehead atoms. The number of hydrogen-bond acceptors (Lipinski definition) is 2. The van der Waals surface area contributed by atoms with Crippen LogP contribution < -0.4 is 0 Å². The molecule has 17 heavy (non-hydrogen) atoms. The highest BCUT2D eigenvalue weighted by molar-refractivity contribution is 5.70. The van der Waals surface area contributed by atoms with E-state index in [9.17, 15) is 9.90 Å². The van der Waals surface area contributed by atoms with Crippen molar-refractivity contribution < 1.29 is 15.0 Å². The van der Waals surface area contributed by atoms with E-state index in [1.54, 1.807) is 6.92 Å². The minimum absolute atomic E-state index is 0.326. The normalized spacial score (nSPS) is 12.5. The maximum Gasteiger partial charge on any atom is 0.306 e. The summed E-state index contributed by atoms with van der Waals surface area (Å²) in [7, 11) is 0. The van der Waals surface area contributed by atoms with Crippen LogP contribution in [0.1, 0.15) is 34.7 Å². The monoisotopic (exact) mass is 236 g/mol. The van der Waals surface area contributed by atoms with Crippen molar-refractivity contribution in [2.24, 2.45) is 5.92 Å². The first-order valence-corrected chi connectivity index (χ1v) is 5.78. The molecule has 0 heterocycles. The van der Waals surface area contributed by atoms with Crippen LogP contribution >= 0.6 is 0 Å². The highest BCUT2D eigenvalue weighted by Crippen LogP contribution is 2.32. The molecule has 3 heteroatoms. The fourth-order valence-electron chi connectivity index (χ4n) is 2.07. The Labute approximate surface area is 102 Å². The van der Waals surface area contributed by atoms with Crippen LogP contribution in [-0.2, 0) is 11.2 Å². The van der Waals surface area contributed by atoms with Crippen molar-refractivity contribution >= 4 is 5.97 Å². The zero-order chi connectivity index (χ0) is 13.3. The molecule has 0 saturated carbocycles. The van der Waals surface area contributed by atoms with Crippen molar-refractivity contribution in [3.05, 3.63) is 27.8 Å². The van der Waals surface area contributed by atoms with Crippen LogP contribution in [0.4, 0.5) is 0 Å². The van der Waals surface area contributed by atoms with Crippen molar-refractivity contribution in [1.29, 1.82) is 0 Å². The number of aliphatic carboxylic acids is 1. The van der Waals surface area contributed by atoms with Gasteiger partial charge in [-0.05, 0) is 61.9 Å². The molecule has 1 atom stereocenters. The highest BCUT2D eigenvalue weighted by Gasteiger charge is 2.18. The van der Waals surface area contributed by atoms with Gasteiger partial charge in [-0.15, -0.1) is 0 Å². The molecule has 1 unspecified atom stereocenters. The van der Waals surface area contributed by atoms with Gasteiger partial charge in [0.05, 0.1) is 5.92 Å². The third kappa shape index (κ3) is 2.43. The van der Waals surface area contributed by atoms with Crippen LogP contribution in [0.25, 0.3) is 0 Å². The van der Waals surface area contributed by atoms with E-state index >= 15 is 0 Å². The molecule has 0 aliphatic heterocycles. The zero-order valence-electron chi connectivity index (χ0n) is 11.1. The van der Waals surface area contributed by atoms with Gasteiger partial charge in [0.2, 0.25) is 0 Å². The molecule has 94 valence electrons. The van der Waals surface area contributed by atoms with Crippen LogP contribution in [0.3, 0.4) is 0 Å². The van der Waals surface area contributed by atoms with Crippen molar-refractivity contribution in [2.45, 2.75) is 41.0 Å². The summed E-state index contributed by atoms with van der Waals surface area (Å²) in [4.78, 5) is 10.9. The molecule has 0 spiro atoms. The Morgan fingerprint density at radius 2 is 1.47 bits per heavy atom. The number of hydrogen-bond donors (Lipinski definition) is 2. The molecule has 0 aromatic heterocycles.